The second-order valence-electron chi connectivity index (χ2n) is 4.66. The lowest BCUT2D eigenvalue weighted by atomic mass is 10.1. The molecule has 2 nitrogen and oxygen atoms in total. The monoisotopic (exact) mass is 397 g/mol. The fourth-order valence-electron chi connectivity index (χ4n) is 2.13. The lowest BCUT2D eigenvalue weighted by molar-refractivity contribution is 0.409. The Hall–Kier alpha value is -1.000. The van der Waals surface area contributed by atoms with Crippen molar-refractivity contribution in [2.75, 3.05) is 12.4 Å². The van der Waals surface area contributed by atoms with Crippen LogP contribution in [-0.2, 0) is 6.42 Å². The molecule has 0 aromatic heterocycles. The first-order chi connectivity index (χ1) is 9.61. The van der Waals surface area contributed by atoms with E-state index < -0.39 is 0 Å². The molecule has 1 N–H and O–H groups in total. The number of para-hydroxylation sites is 2. The van der Waals surface area contributed by atoms with E-state index in [9.17, 15) is 0 Å². The maximum absolute atomic E-state index is 5.40. The molecule has 2 aromatic carbocycles. The molecule has 4 heteroatoms. The number of halogens is 2. The molecule has 0 bridgehead atoms. The molecule has 2 rings (SSSR count). The van der Waals surface area contributed by atoms with Crippen LogP contribution in [0.4, 0.5) is 5.69 Å². The average Bonchev–Trinajstić information content (AvgIpc) is 2.44. The summed E-state index contributed by atoms with van der Waals surface area (Å²) in [5, 5.41) is 3.53. The minimum Gasteiger partial charge on any atom is -0.496 e. The van der Waals surface area contributed by atoms with E-state index in [1.165, 1.54) is 5.56 Å². The largest absolute Gasteiger partial charge is 0.496 e. The topological polar surface area (TPSA) is 21.3 Å². The zero-order valence-corrected chi connectivity index (χ0v) is 14.7. The summed E-state index contributed by atoms with van der Waals surface area (Å²) < 4.78 is 7.51. The highest BCUT2D eigenvalue weighted by Crippen LogP contribution is 2.31. The maximum atomic E-state index is 5.40. The Kier molecular flexibility index (Phi) is 5.49. The molecule has 2 aromatic rings. The van der Waals surface area contributed by atoms with Gasteiger partial charge in [-0.25, -0.2) is 0 Å². The standard InChI is InChI=1S/C16H17Br2NO/c1-11(10-12-6-3-4-9-15(12)20-2)19-16-13(17)7-5-8-14(16)18/h3-9,11,19H,10H2,1-2H3. The molecule has 0 heterocycles. The first-order valence-electron chi connectivity index (χ1n) is 6.44. The summed E-state index contributed by atoms with van der Waals surface area (Å²) in [4.78, 5) is 0. The Labute approximate surface area is 136 Å². The molecule has 106 valence electrons. The molecular formula is C16H17Br2NO. The third-order valence-electron chi connectivity index (χ3n) is 3.07. The van der Waals surface area contributed by atoms with Crippen LogP contribution in [0.5, 0.6) is 5.75 Å². The summed E-state index contributed by atoms with van der Waals surface area (Å²) in [5.41, 5.74) is 2.29. The van der Waals surface area contributed by atoms with E-state index in [1.807, 2.05) is 36.4 Å². The number of anilines is 1. The van der Waals surface area contributed by atoms with Gasteiger partial charge in [-0.3, -0.25) is 0 Å². The first kappa shape index (κ1) is 15.4. The smallest absolute Gasteiger partial charge is 0.122 e. The number of methoxy groups -OCH3 is 1. The van der Waals surface area contributed by atoms with Crippen molar-refractivity contribution in [3.63, 3.8) is 0 Å². The fraction of sp³-hybridized carbons (Fsp3) is 0.250. The highest BCUT2D eigenvalue weighted by atomic mass is 79.9. The van der Waals surface area contributed by atoms with E-state index in [0.717, 1.165) is 26.8 Å². The van der Waals surface area contributed by atoms with E-state index in [-0.39, 0.29) is 0 Å². The summed E-state index contributed by atoms with van der Waals surface area (Å²) in [5.74, 6) is 0.937. The van der Waals surface area contributed by atoms with Crippen molar-refractivity contribution in [3.8, 4) is 5.75 Å². The van der Waals surface area contributed by atoms with Crippen LogP contribution in [-0.4, -0.2) is 13.2 Å². The van der Waals surface area contributed by atoms with Gasteiger partial charge < -0.3 is 10.1 Å². The fourth-order valence-corrected chi connectivity index (χ4v) is 3.36. The average molecular weight is 399 g/mol. The number of ether oxygens (including phenoxy) is 1. The molecular weight excluding hydrogens is 382 g/mol. The second-order valence-corrected chi connectivity index (χ2v) is 6.37. The summed E-state index contributed by atoms with van der Waals surface area (Å²) in [6.07, 6.45) is 0.901. The maximum Gasteiger partial charge on any atom is 0.122 e. The van der Waals surface area contributed by atoms with Gasteiger partial charge in [0.15, 0.2) is 0 Å². The van der Waals surface area contributed by atoms with Crippen LogP contribution in [0.3, 0.4) is 0 Å². The van der Waals surface area contributed by atoms with Crippen LogP contribution in [0.25, 0.3) is 0 Å². The Morgan fingerprint density at radius 3 is 2.35 bits per heavy atom. The van der Waals surface area contributed by atoms with Gasteiger partial charge in [-0.2, -0.15) is 0 Å². The Morgan fingerprint density at radius 1 is 1.05 bits per heavy atom. The van der Waals surface area contributed by atoms with E-state index >= 15 is 0 Å². The molecule has 1 atom stereocenters. The number of hydrogen-bond donors (Lipinski definition) is 1. The Balaban J connectivity index is 2.11. The lowest BCUT2D eigenvalue weighted by Crippen LogP contribution is -2.19. The summed E-state index contributed by atoms with van der Waals surface area (Å²) >= 11 is 7.14. The Morgan fingerprint density at radius 2 is 1.70 bits per heavy atom. The van der Waals surface area contributed by atoms with Crippen LogP contribution in [0.1, 0.15) is 12.5 Å². The van der Waals surface area contributed by atoms with Crippen molar-refractivity contribution in [1.29, 1.82) is 0 Å². The van der Waals surface area contributed by atoms with Gasteiger partial charge in [0.25, 0.3) is 0 Å². The molecule has 0 saturated heterocycles. The molecule has 0 aliphatic carbocycles. The number of hydrogen-bond acceptors (Lipinski definition) is 2. The molecule has 20 heavy (non-hydrogen) atoms. The van der Waals surface area contributed by atoms with Gasteiger partial charge in [0.05, 0.1) is 12.8 Å². The van der Waals surface area contributed by atoms with Gasteiger partial charge in [0.2, 0.25) is 0 Å². The molecule has 0 radical (unpaired) electrons. The second kappa shape index (κ2) is 7.14. The molecule has 1 unspecified atom stereocenters. The minimum absolute atomic E-state index is 0.293. The van der Waals surface area contributed by atoms with Crippen molar-refractivity contribution < 1.29 is 4.74 Å². The third-order valence-corrected chi connectivity index (χ3v) is 4.39. The van der Waals surface area contributed by atoms with Crippen LogP contribution < -0.4 is 10.1 Å². The van der Waals surface area contributed by atoms with Crippen molar-refractivity contribution >= 4 is 37.5 Å². The minimum atomic E-state index is 0.293. The van der Waals surface area contributed by atoms with Crippen molar-refractivity contribution in [1.82, 2.24) is 0 Å². The molecule has 0 spiro atoms. The quantitative estimate of drug-likeness (QED) is 0.741. The summed E-state index contributed by atoms with van der Waals surface area (Å²) in [6.45, 7) is 2.16. The lowest BCUT2D eigenvalue weighted by Gasteiger charge is -2.19. The van der Waals surface area contributed by atoms with Gasteiger partial charge in [0.1, 0.15) is 5.75 Å². The highest BCUT2D eigenvalue weighted by Gasteiger charge is 2.11. The van der Waals surface area contributed by atoms with E-state index in [0.29, 0.717) is 6.04 Å². The van der Waals surface area contributed by atoms with Crippen LogP contribution in [0.2, 0.25) is 0 Å². The van der Waals surface area contributed by atoms with Gasteiger partial charge in [-0.05, 0) is 69.0 Å². The van der Waals surface area contributed by atoms with Gasteiger partial charge in [-0.1, -0.05) is 24.3 Å². The van der Waals surface area contributed by atoms with Gasteiger partial charge in [0, 0.05) is 15.0 Å². The molecule has 0 saturated carbocycles. The number of nitrogens with one attached hydrogen (secondary N) is 1. The summed E-state index contributed by atoms with van der Waals surface area (Å²) in [6, 6.07) is 14.5. The van der Waals surface area contributed by atoms with Crippen molar-refractivity contribution in [2.45, 2.75) is 19.4 Å². The predicted molar refractivity (Wildman–Crippen MR) is 91.6 cm³/mol. The zero-order chi connectivity index (χ0) is 14.5. The zero-order valence-electron chi connectivity index (χ0n) is 11.5. The number of rotatable bonds is 5. The summed E-state index contributed by atoms with van der Waals surface area (Å²) in [7, 11) is 1.71. The molecule has 0 fully saturated rings. The first-order valence-corrected chi connectivity index (χ1v) is 8.03. The SMILES string of the molecule is COc1ccccc1CC(C)Nc1c(Br)cccc1Br. The van der Waals surface area contributed by atoms with Gasteiger partial charge >= 0.3 is 0 Å². The van der Waals surface area contributed by atoms with Crippen molar-refractivity contribution in [2.24, 2.45) is 0 Å². The normalized spacial score (nSPS) is 12.0. The molecule has 0 aliphatic heterocycles. The number of benzene rings is 2. The van der Waals surface area contributed by atoms with E-state index in [2.05, 4.69) is 50.2 Å². The van der Waals surface area contributed by atoms with Crippen LogP contribution in [0, 0.1) is 0 Å². The van der Waals surface area contributed by atoms with Crippen LogP contribution >= 0.6 is 31.9 Å². The predicted octanol–water partition coefficient (Wildman–Crippen LogP) is 5.26. The van der Waals surface area contributed by atoms with Crippen LogP contribution in [0.15, 0.2) is 51.4 Å². The Bertz CT molecular complexity index is 566. The highest BCUT2D eigenvalue weighted by molar-refractivity contribution is 9.11. The van der Waals surface area contributed by atoms with E-state index in [1.54, 1.807) is 7.11 Å². The van der Waals surface area contributed by atoms with E-state index in [4.69, 9.17) is 4.74 Å². The molecule has 0 amide bonds. The molecule has 0 aliphatic rings. The third kappa shape index (κ3) is 3.76. The van der Waals surface area contributed by atoms with Gasteiger partial charge in [-0.15, -0.1) is 0 Å². The van der Waals surface area contributed by atoms with Crippen molar-refractivity contribution in [3.05, 3.63) is 57.0 Å².